The molecule has 0 saturated heterocycles. The fourth-order valence-corrected chi connectivity index (χ4v) is 3.43. The SMILES string of the molecule is CC(C)=CCCC1(C)CCC2=C(O1)C(C)CC2C. The molecule has 18 heavy (non-hydrogen) atoms. The van der Waals surface area contributed by atoms with Crippen LogP contribution in [0.15, 0.2) is 23.0 Å². The molecule has 0 amide bonds. The highest BCUT2D eigenvalue weighted by Gasteiger charge is 2.39. The molecule has 102 valence electrons. The molecule has 0 radical (unpaired) electrons. The average Bonchev–Trinajstić information content (AvgIpc) is 2.53. The van der Waals surface area contributed by atoms with E-state index in [4.69, 9.17) is 4.74 Å². The third-order valence-electron chi connectivity index (χ3n) is 4.57. The van der Waals surface area contributed by atoms with Crippen LogP contribution in [0.3, 0.4) is 0 Å². The second-order valence-corrected chi connectivity index (χ2v) is 6.80. The van der Waals surface area contributed by atoms with Crippen molar-refractivity contribution in [3.63, 3.8) is 0 Å². The zero-order valence-corrected chi connectivity index (χ0v) is 12.7. The zero-order valence-electron chi connectivity index (χ0n) is 12.7. The first-order valence-electron chi connectivity index (χ1n) is 7.46. The van der Waals surface area contributed by atoms with Gasteiger partial charge in [-0.05, 0) is 64.4 Å². The molecule has 3 unspecified atom stereocenters. The van der Waals surface area contributed by atoms with Gasteiger partial charge in [-0.3, -0.25) is 0 Å². The fourth-order valence-electron chi connectivity index (χ4n) is 3.43. The van der Waals surface area contributed by atoms with E-state index in [9.17, 15) is 0 Å². The quantitative estimate of drug-likeness (QED) is 0.621. The minimum absolute atomic E-state index is 0.0725. The molecule has 1 aliphatic heterocycles. The van der Waals surface area contributed by atoms with Gasteiger partial charge in [0.1, 0.15) is 5.60 Å². The summed E-state index contributed by atoms with van der Waals surface area (Å²) in [5, 5.41) is 0. The van der Waals surface area contributed by atoms with E-state index in [1.165, 1.54) is 30.6 Å². The first-order valence-corrected chi connectivity index (χ1v) is 7.46. The highest BCUT2D eigenvalue weighted by Crippen LogP contribution is 2.47. The predicted octanol–water partition coefficient (Wildman–Crippen LogP) is 5.23. The molecule has 3 atom stereocenters. The fraction of sp³-hybridized carbons (Fsp3) is 0.765. The summed E-state index contributed by atoms with van der Waals surface area (Å²) in [5.41, 5.74) is 3.10. The maximum atomic E-state index is 6.41. The first kappa shape index (κ1) is 13.7. The Morgan fingerprint density at radius 3 is 2.72 bits per heavy atom. The molecule has 0 aromatic rings. The molecule has 0 aromatic heterocycles. The van der Waals surface area contributed by atoms with Gasteiger partial charge in [-0.1, -0.05) is 25.5 Å². The van der Waals surface area contributed by atoms with E-state index in [-0.39, 0.29) is 5.60 Å². The smallest absolute Gasteiger partial charge is 0.106 e. The van der Waals surface area contributed by atoms with E-state index in [0.29, 0.717) is 5.92 Å². The Morgan fingerprint density at radius 2 is 2.06 bits per heavy atom. The molecule has 1 nitrogen and oxygen atoms in total. The minimum atomic E-state index is 0.0725. The van der Waals surface area contributed by atoms with E-state index < -0.39 is 0 Å². The molecular weight excluding hydrogens is 220 g/mol. The van der Waals surface area contributed by atoms with Crippen LogP contribution in [0.1, 0.15) is 66.7 Å². The van der Waals surface area contributed by atoms with Gasteiger partial charge in [0.05, 0.1) is 5.76 Å². The van der Waals surface area contributed by atoms with Gasteiger partial charge in [0, 0.05) is 5.92 Å². The zero-order chi connectivity index (χ0) is 13.3. The maximum Gasteiger partial charge on any atom is 0.106 e. The maximum absolute atomic E-state index is 6.41. The highest BCUT2D eigenvalue weighted by atomic mass is 16.5. The molecule has 0 fully saturated rings. The van der Waals surface area contributed by atoms with Crippen LogP contribution in [-0.2, 0) is 4.74 Å². The van der Waals surface area contributed by atoms with Crippen molar-refractivity contribution in [2.75, 3.05) is 0 Å². The molecular formula is C17H28O. The average molecular weight is 248 g/mol. The molecule has 0 N–H and O–H groups in total. The summed E-state index contributed by atoms with van der Waals surface area (Å²) in [4.78, 5) is 0. The third-order valence-corrected chi connectivity index (χ3v) is 4.57. The van der Waals surface area contributed by atoms with Crippen molar-refractivity contribution in [1.82, 2.24) is 0 Å². The number of hydrogen-bond donors (Lipinski definition) is 0. The monoisotopic (exact) mass is 248 g/mol. The summed E-state index contributed by atoms with van der Waals surface area (Å²) in [5.74, 6) is 2.73. The van der Waals surface area contributed by atoms with Crippen LogP contribution in [0.4, 0.5) is 0 Å². The predicted molar refractivity (Wildman–Crippen MR) is 77.4 cm³/mol. The van der Waals surface area contributed by atoms with E-state index in [2.05, 4.69) is 40.7 Å². The van der Waals surface area contributed by atoms with Crippen molar-refractivity contribution in [3.8, 4) is 0 Å². The van der Waals surface area contributed by atoms with Crippen LogP contribution in [-0.4, -0.2) is 5.60 Å². The Kier molecular flexibility index (Phi) is 3.89. The van der Waals surface area contributed by atoms with Gasteiger partial charge in [-0.15, -0.1) is 0 Å². The summed E-state index contributed by atoms with van der Waals surface area (Å²) in [6.07, 6.45) is 8.36. The van der Waals surface area contributed by atoms with Crippen molar-refractivity contribution in [2.45, 2.75) is 72.3 Å². The van der Waals surface area contributed by atoms with Crippen molar-refractivity contribution >= 4 is 0 Å². The Bertz CT molecular complexity index is 373. The van der Waals surface area contributed by atoms with Gasteiger partial charge in [0.15, 0.2) is 0 Å². The van der Waals surface area contributed by atoms with Gasteiger partial charge in [0.2, 0.25) is 0 Å². The second-order valence-electron chi connectivity index (χ2n) is 6.80. The van der Waals surface area contributed by atoms with Gasteiger partial charge in [-0.2, -0.15) is 0 Å². The summed E-state index contributed by atoms with van der Waals surface area (Å²) in [6.45, 7) is 11.3. The summed E-state index contributed by atoms with van der Waals surface area (Å²) in [7, 11) is 0. The number of ether oxygens (including phenoxy) is 1. The van der Waals surface area contributed by atoms with Crippen molar-refractivity contribution in [3.05, 3.63) is 23.0 Å². The van der Waals surface area contributed by atoms with Crippen LogP contribution >= 0.6 is 0 Å². The summed E-state index contributed by atoms with van der Waals surface area (Å²) in [6, 6.07) is 0. The van der Waals surface area contributed by atoms with Gasteiger partial charge >= 0.3 is 0 Å². The Labute approximate surface area is 112 Å². The van der Waals surface area contributed by atoms with Crippen LogP contribution in [0.2, 0.25) is 0 Å². The lowest BCUT2D eigenvalue weighted by Crippen LogP contribution is -2.32. The highest BCUT2D eigenvalue weighted by molar-refractivity contribution is 5.23. The van der Waals surface area contributed by atoms with Gasteiger partial charge in [-0.25, -0.2) is 0 Å². The van der Waals surface area contributed by atoms with Crippen LogP contribution in [0, 0.1) is 11.8 Å². The first-order chi connectivity index (χ1) is 8.41. The number of allylic oxidation sites excluding steroid dienone is 4. The van der Waals surface area contributed by atoms with Crippen LogP contribution in [0.25, 0.3) is 0 Å². The third kappa shape index (κ3) is 2.81. The Hall–Kier alpha value is -0.720. The van der Waals surface area contributed by atoms with Crippen molar-refractivity contribution < 1.29 is 4.74 Å². The van der Waals surface area contributed by atoms with Crippen molar-refractivity contribution in [2.24, 2.45) is 11.8 Å². The molecule has 1 heteroatoms. The number of hydrogen-bond acceptors (Lipinski definition) is 1. The van der Waals surface area contributed by atoms with E-state index in [1.54, 1.807) is 5.57 Å². The molecule has 2 aliphatic rings. The van der Waals surface area contributed by atoms with E-state index in [0.717, 1.165) is 18.8 Å². The second kappa shape index (κ2) is 5.11. The molecule has 0 spiro atoms. The van der Waals surface area contributed by atoms with Crippen molar-refractivity contribution in [1.29, 1.82) is 0 Å². The molecule has 0 aromatic carbocycles. The molecule has 1 aliphatic carbocycles. The molecule has 2 rings (SSSR count). The lowest BCUT2D eigenvalue weighted by atomic mass is 9.87. The summed E-state index contributed by atoms with van der Waals surface area (Å²) < 4.78 is 6.41. The lowest BCUT2D eigenvalue weighted by Gasteiger charge is -2.37. The largest absolute Gasteiger partial charge is 0.492 e. The Morgan fingerprint density at radius 1 is 1.33 bits per heavy atom. The lowest BCUT2D eigenvalue weighted by molar-refractivity contribution is -0.0185. The Balaban J connectivity index is 2.02. The van der Waals surface area contributed by atoms with Gasteiger partial charge < -0.3 is 4.74 Å². The molecule has 0 saturated carbocycles. The van der Waals surface area contributed by atoms with Crippen LogP contribution < -0.4 is 0 Å². The molecule has 1 heterocycles. The van der Waals surface area contributed by atoms with Crippen LogP contribution in [0.5, 0.6) is 0 Å². The number of rotatable bonds is 3. The minimum Gasteiger partial charge on any atom is -0.492 e. The standard InChI is InChI=1S/C17H28O/c1-12(2)7-6-9-17(5)10-8-15-13(3)11-14(4)16(15)18-17/h7,13-14H,6,8-11H2,1-5H3. The topological polar surface area (TPSA) is 9.23 Å². The normalized spacial score (nSPS) is 35.2. The van der Waals surface area contributed by atoms with Gasteiger partial charge in [0.25, 0.3) is 0 Å². The van der Waals surface area contributed by atoms with E-state index in [1.807, 2.05) is 0 Å². The van der Waals surface area contributed by atoms with E-state index >= 15 is 0 Å². The molecule has 0 bridgehead atoms. The summed E-state index contributed by atoms with van der Waals surface area (Å²) >= 11 is 0.